The van der Waals surface area contributed by atoms with Gasteiger partial charge in [-0.25, -0.2) is 9.97 Å². The van der Waals surface area contributed by atoms with Crippen molar-refractivity contribution in [1.82, 2.24) is 9.97 Å². The molecule has 2 rings (SSSR count). The Morgan fingerprint density at radius 1 is 1.04 bits per heavy atom. The number of aryl methyl sites for hydroxylation is 1. The number of anilines is 1. The number of alkyl halides is 3. The van der Waals surface area contributed by atoms with Gasteiger partial charge in [-0.2, -0.15) is 13.2 Å². The Labute approximate surface area is 163 Å². The summed E-state index contributed by atoms with van der Waals surface area (Å²) in [6, 6.07) is 3.98. The van der Waals surface area contributed by atoms with Crippen LogP contribution in [0, 0.1) is 0 Å². The van der Waals surface area contributed by atoms with Gasteiger partial charge in [0.1, 0.15) is 5.75 Å². The molecule has 1 heterocycles. The first-order valence-electron chi connectivity index (χ1n) is 9.25. The Balaban J connectivity index is 2.66. The number of hydrogen-bond donors (Lipinski definition) is 1. The van der Waals surface area contributed by atoms with Crippen molar-refractivity contribution in [3.05, 3.63) is 29.5 Å². The number of ether oxygens (including phenoxy) is 2. The van der Waals surface area contributed by atoms with Gasteiger partial charge in [0.15, 0.2) is 5.82 Å². The molecule has 0 unspecified atom stereocenters. The fraction of sp³-hybridized carbons (Fsp3) is 0.500. The monoisotopic (exact) mass is 397 g/mol. The molecule has 0 saturated carbocycles. The van der Waals surface area contributed by atoms with Crippen LogP contribution in [0.2, 0.25) is 0 Å². The van der Waals surface area contributed by atoms with E-state index in [1.165, 1.54) is 26.4 Å². The zero-order valence-corrected chi connectivity index (χ0v) is 16.8. The van der Waals surface area contributed by atoms with Crippen LogP contribution in [0.5, 0.6) is 11.6 Å². The molecule has 1 N–H and O–H groups in total. The molecular weight excluding hydrogens is 371 g/mol. The van der Waals surface area contributed by atoms with Crippen LogP contribution in [-0.4, -0.2) is 30.2 Å². The SMILES string of the molecule is CCc1nc(NC(CC)CC)c(OC)nc1-c1ccc(OC)cc1C(F)(F)F. The average Bonchev–Trinajstić information content (AvgIpc) is 2.70. The number of nitrogens with zero attached hydrogens (tertiary/aromatic N) is 2. The van der Waals surface area contributed by atoms with Gasteiger partial charge in [-0.1, -0.05) is 20.8 Å². The summed E-state index contributed by atoms with van der Waals surface area (Å²) in [6.07, 6.45) is -2.38. The zero-order valence-electron chi connectivity index (χ0n) is 16.8. The van der Waals surface area contributed by atoms with Gasteiger partial charge in [0, 0.05) is 11.6 Å². The normalized spacial score (nSPS) is 11.6. The van der Waals surface area contributed by atoms with Gasteiger partial charge in [-0.05, 0) is 37.5 Å². The van der Waals surface area contributed by atoms with E-state index in [0.29, 0.717) is 17.9 Å². The first-order chi connectivity index (χ1) is 13.3. The van der Waals surface area contributed by atoms with Crippen LogP contribution in [0.3, 0.4) is 0 Å². The van der Waals surface area contributed by atoms with Crippen LogP contribution in [0.15, 0.2) is 18.2 Å². The summed E-state index contributed by atoms with van der Waals surface area (Å²) in [5.74, 6) is 0.739. The molecule has 0 radical (unpaired) electrons. The molecule has 0 spiro atoms. The summed E-state index contributed by atoms with van der Waals surface area (Å²) in [5.41, 5.74) is -0.252. The van der Waals surface area contributed by atoms with Gasteiger partial charge in [0.2, 0.25) is 0 Å². The van der Waals surface area contributed by atoms with Gasteiger partial charge in [-0.15, -0.1) is 0 Å². The van der Waals surface area contributed by atoms with Crippen LogP contribution in [0.25, 0.3) is 11.3 Å². The van der Waals surface area contributed by atoms with E-state index in [1.54, 1.807) is 0 Å². The molecule has 0 atom stereocenters. The van der Waals surface area contributed by atoms with E-state index in [0.717, 1.165) is 18.9 Å². The van der Waals surface area contributed by atoms with Gasteiger partial charge in [0.05, 0.1) is 31.2 Å². The minimum absolute atomic E-state index is 0.0509. The highest BCUT2D eigenvalue weighted by atomic mass is 19.4. The third-order valence-electron chi connectivity index (χ3n) is 4.58. The van der Waals surface area contributed by atoms with Crippen molar-refractivity contribution < 1.29 is 22.6 Å². The molecule has 0 aliphatic heterocycles. The van der Waals surface area contributed by atoms with Gasteiger partial charge >= 0.3 is 6.18 Å². The summed E-state index contributed by atoms with van der Waals surface area (Å²) in [6.45, 7) is 5.92. The predicted molar refractivity (Wildman–Crippen MR) is 103 cm³/mol. The number of halogens is 3. The maximum Gasteiger partial charge on any atom is 0.417 e. The second-order valence-electron chi connectivity index (χ2n) is 6.30. The molecule has 1 aromatic carbocycles. The third kappa shape index (κ3) is 4.66. The molecular formula is C20H26F3N3O2. The van der Waals surface area contributed by atoms with Crippen molar-refractivity contribution in [1.29, 1.82) is 0 Å². The molecule has 0 aliphatic carbocycles. The second kappa shape index (κ2) is 9.12. The van der Waals surface area contributed by atoms with Crippen LogP contribution >= 0.6 is 0 Å². The standard InChI is InChI=1S/C20H26F3N3O2/c1-6-12(7-2)24-18-19(28-5)26-17(16(8-3)25-18)14-10-9-13(27-4)11-15(14)20(21,22)23/h9-12H,6-8H2,1-5H3,(H,24,25). The van der Waals surface area contributed by atoms with Crippen molar-refractivity contribution in [2.45, 2.75) is 52.3 Å². The molecule has 154 valence electrons. The van der Waals surface area contributed by atoms with Crippen molar-refractivity contribution in [3.8, 4) is 22.9 Å². The maximum atomic E-state index is 13.7. The van der Waals surface area contributed by atoms with Crippen molar-refractivity contribution in [2.24, 2.45) is 0 Å². The quantitative estimate of drug-likeness (QED) is 0.651. The number of aromatic nitrogens is 2. The Morgan fingerprint density at radius 2 is 1.71 bits per heavy atom. The molecule has 0 fully saturated rings. The molecule has 0 aliphatic rings. The number of rotatable bonds is 8. The lowest BCUT2D eigenvalue weighted by Gasteiger charge is -2.20. The lowest BCUT2D eigenvalue weighted by atomic mass is 10.0. The summed E-state index contributed by atoms with van der Waals surface area (Å²) < 4.78 is 51.3. The fourth-order valence-electron chi connectivity index (χ4n) is 2.93. The van der Waals surface area contributed by atoms with E-state index < -0.39 is 11.7 Å². The van der Waals surface area contributed by atoms with E-state index in [-0.39, 0.29) is 28.9 Å². The van der Waals surface area contributed by atoms with E-state index in [4.69, 9.17) is 9.47 Å². The lowest BCUT2D eigenvalue weighted by Crippen LogP contribution is -2.20. The first-order valence-corrected chi connectivity index (χ1v) is 9.25. The van der Waals surface area contributed by atoms with Crippen LogP contribution in [0.4, 0.5) is 19.0 Å². The first kappa shape index (κ1) is 21.8. The molecule has 28 heavy (non-hydrogen) atoms. The average molecular weight is 397 g/mol. The maximum absolute atomic E-state index is 13.7. The molecule has 0 amide bonds. The topological polar surface area (TPSA) is 56.3 Å². The fourth-order valence-corrected chi connectivity index (χ4v) is 2.93. The van der Waals surface area contributed by atoms with E-state index in [1.807, 2.05) is 20.8 Å². The van der Waals surface area contributed by atoms with E-state index >= 15 is 0 Å². The Hall–Kier alpha value is -2.51. The minimum Gasteiger partial charge on any atom is -0.497 e. The smallest absolute Gasteiger partial charge is 0.417 e. The van der Waals surface area contributed by atoms with E-state index in [2.05, 4.69) is 15.3 Å². The minimum atomic E-state index is -4.56. The van der Waals surface area contributed by atoms with Crippen LogP contribution in [-0.2, 0) is 12.6 Å². The highest BCUT2D eigenvalue weighted by molar-refractivity contribution is 5.70. The Kier molecular flexibility index (Phi) is 7.10. The summed E-state index contributed by atoms with van der Waals surface area (Å²) in [5, 5.41) is 3.27. The summed E-state index contributed by atoms with van der Waals surface area (Å²) in [7, 11) is 2.75. The number of benzene rings is 1. The molecule has 5 nitrogen and oxygen atoms in total. The molecule has 0 saturated heterocycles. The lowest BCUT2D eigenvalue weighted by molar-refractivity contribution is -0.137. The number of methoxy groups -OCH3 is 2. The van der Waals surface area contributed by atoms with Gasteiger partial charge in [0.25, 0.3) is 5.88 Å². The molecule has 8 heteroatoms. The molecule has 0 bridgehead atoms. The van der Waals surface area contributed by atoms with Gasteiger partial charge in [-0.3, -0.25) is 0 Å². The summed E-state index contributed by atoms with van der Waals surface area (Å²) in [4.78, 5) is 8.94. The molecule has 1 aromatic heterocycles. The van der Waals surface area contributed by atoms with Crippen molar-refractivity contribution in [3.63, 3.8) is 0 Å². The largest absolute Gasteiger partial charge is 0.497 e. The zero-order chi connectivity index (χ0) is 20.9. The van der Waals surface area contributed by atoms with Crippen molar-refractivity contribution in [2.75, 3.05) is 19.5 Å². The third-order valence-corrected chi connectivity index (χ3v) is 4.58. The number of nitrogens with one attached hydrogen (secondary N) is 1. The molecule has 2 aromatic rings. The highest BCUT2D eigenvalue weighted by Crippen LogP contribution is 2.40. The van der Waals surface area contributed by atoms with E-state index in [9.17, 15) is 13.2 Å². The number of hydrogen-bond acceptors (Lipinski definition) is 5. The predicted octanol–water partition coefficient (Wildman–Crippen LogP) is 5.34. The van der Waals surface area contributed by atoms with Crippen LogP contribution < -0.4 is 14.8 Å². The summed E-state index contributed by atoms with van der Waals surface area (Å²) >= 11 is 0. The second-order valence-corrected chi connectivity index (χ2v) is 6.30. The highest BCUT2D eigenvalue weighted by Gasteiger charge is 2.35. The Bertz CT molecular complexity index is 806. The van der Waals surface area contributed by atoms with Crippen molar-refractivity contribution >= 4 is 5.82 Å². The van der Waals surface area contributed by atoms with Gasteiger partial charge < -0.3 is 14.8 Å². The Morgan fingerprint density at radius 3 is 2.21 bits per heavy atom. The van der Waals surface area contributed by atoms with Crippen LogP contribution in [0.1, 0.15) is 44.9 Å².